The van der Waals surface area contributed by atoms with E-state index >= 15 is 0 Å². The molecule has 0 saturated carbocycles. The van der Waals surface area contributed by atoms with E-state index in [1.54, 1.807) is 0 Å². The van der Waals surface area contributed by atoms with Crippen molar-refractivity contribution in [3.8, 4) is 0 Å². The standard InChI is InChI=1S/C24H30BClN2O4S/c1-25(29)28-12-9-17(10-13-28)23-21-8-7-20(26)16-19(21)15-18(5-4-14-32-33(2,30)31)22-6-3-11-27-24(22)23/h3,6-8,11,15-17,23,29H,4-5,9-10,12-14H2,1-2H3. The highest BCUT2D eigenvalue weighted by atomic mass is 35.5. The lowest BCUT2D eigenvalue weighted by Crippen LogP contribution is -2.44. The molecule has 1 aromatic carbocycles. The largest absolute Gasteiger partial charge is 0.437 e. The Hall–Kier alpha value is -1.71. The van der Waals surface area contributed by atoms with E-state index < -0.39 is 17.2 Å². The van der Waals surface area contributed by atoms with Gasteiger partial charge in [0.1, 0.15) is 0 Å². The molecule has 4 rings (SSSR count). The van der Waals surface area contributed by atoms with Crippen molar-refractivity contribution in [3.05, 3.63) is 63.9 Å². The summed E-state index contributed by atoms with van der Waals surface area (Å²) in [5, 5.41) is 10.7. The Morgan fingerprint density at radius 3 is 2.73 bits per heavy atom. The van der Waals surface area contributed by atoms with Crippen LogP contribution in [0.25, 0.3) is 11.6 Å². The van der Waals surface area contributed by atoms with Gasteiger partial charge in [0.05, 0.1) is 18.6 Å². The molecular weight excluding hydrogens is 459 g/mol. The van der Waals surface area contributed by atoms with Gasteiger partial charge in [-0.25, -0.2) is 0 Å². The van der Waals surface area contributed by atoms with Crippen molar-refractivity contribution in [2.45, 2.75) is 38.4 Å². The van der Waals surface area contributed by atoms with E-state index in [1.807, 2.05) is 31.2 Å². The van der Waals surface area contributed by atoms with Gasteiger partial charge in [-0.1, -0.05) is 29.8 Å². The summed E-state index contributed by atoms with van der Waals surface area (Å²) in [7, 11) is -3.89. The van der Waals surface area contributed by atoms with E-state index in [4.69, 9.17) is 20.8 Å². The number of hydrogen-bond acceptors (Lipinski definition) is 6. The molecule has 33 heavy (non-hydrogen) atoms. The van der Waals surface area contributed by atoms with E-state index in [1.165, 1.54) is 5.56 Å². The van der Waals surface area contributed by atoms with Crippen molar-refractivity contribution in [1.82, 2.24) is 9.79 Å². The third-order valence-corrected chi connectivity index (χ3v) is 7.48. The van der Waals surface area contributed by atoms with Crippen molar-refractivity contribution in [1.29, 1.82) is 0 Å². The van der Waals surface area contributed by atoms with E-state index in [0.717, 1.165) is 54.6 Å². The molecule has 2 heterocycles. The molecule has 2 aliphatic rings. The van der Waals surface area contributed by atoms with Gasteiger partial charge in [0.2, 0.25) is 0 Å². The van der Waals surface area contributed by atoms with E-state index in [0.29, 0.717) is 23.8 Å². The smallest absolute Gasteiger partial charge is 0.376 e. The topological polar surface area (TPSA) is 79.7 Å². The fourth-order valence-electron chi connectivity index (χ4n) is 5.09. The summed E-state index contributed by atoms with van der Waals surface area (Å²) in [5.74, 6) is 0.528. The van der Waals surface area contributed by atoms with Crippen LogP contribution in [0.1, 0.15) is 54.0 Å². The minimum atomic E-state index is -3.45. The van der Waals surface area contributed by atoms with Crippen molar-refractivity contribution in [3.63, 3.8) is 0 Å². The number of nitrogens with zero attached hydrogens (tertiary/aromatic N) is 2. The summed E-state index contributed by atoms with van der Waals surface area (Å²) in [5.41, 5.74) is 5.58. The van der Waals surface area contributed by atoms with Crippen LogP contribution in [0.15, 0.2) is 36.5 Å². The Labute approximate surface area is 201 Å². The average Bonchev–Trinajstić information content (AvgIpc) is 2.90. The Morgan fingerprint density at radius 2 is 2.03 bits per heavy atom. The molecular formula is C24H30BClN2O4S. The molecule has 1 aliphatic carbocycles. The summed E-state index contributed by atoms with van der Waals surface area (Å²) in [4.78, 5) is 6.98. The number of hydrogen-bond donors (Lipinski definition) is 1. The number of benzene rings is 1. The Morgan fingerprint density at radius 1 is 1.27 bits per heavy atom. The van der Waals surface area contributed by atoms with Crippen molar-refractivity contribution in [2.75, 3.05) is 26.0 Å². The van der Waals surface area contributed by atoms with Crippen LogP contribution in [0, 0.1) is 5.92 Å². The van der Waals surface area contributed by atoms with E-state index in [9.17, 15) is 13.4 Å². The summed E-state index contributed by atoms with van der Waals surface area (Å²) < 4.78 is 27.6. The lowest BCUT2D eigenvalue weighted by molar-refractivity contribution is 0.235. The monoisotopic (exact) mass is 488 g/mol. The number of rotatable bonds is 7. The molecule has 1 saturated heterocycles. The maximum absolute atomic E-state index is 11.3. The third-order valence-electron chi connectivity index (χ3n) is 6.65. The molecule has 9 heteroatoms. The molecule has 0 bridgehead atoms. The molecule has 1 fully saturated rings. The second-order valence-electron chi connectivity index (χ2n) is 8.99. The Balaban J connectivity index is 1.69. The van der Waals surface area contributed by atoms with E-state index in [-0.39, 0.29) is 12.5 Å². The summed E-state index contributed by atoms with van der Waals surface area (Å²) in [6.07, 6.45) is 8.31. The van der Waals surface area contributed by atoms with Crippen LogP contribution in [0.2, 0.25) is 11.8 Å². The fraction of sp³-hybridized carbons (Fsp3) is 0.458. The lowest BCUT2D eigenvalue weighted by Gasteiger charge is -2.37. The number of allylic oxidation sites excluding steroid dienone is 1. The predicted octanol–water partition coefficient (Wildman–Crippen LogP) is 4.30. The van der Waals surface area contributed by atoms with Crippen LogP contribution < -0.4 is 0 Å². The molecule has 1 unspecified atom stereocenters. The first-order valence-corrected chi connectivity index (χ1v) is 13.6. The second kappa shape index (κ2) is 10.3. The van der Waals surface area contributed by atoms with E-state index in [2.05, 4.69) is 23.0 Å². The van der Waals surface area contributed by atoms with Gasteiger partial charge in [-0.3, -0.25) is 9.17 Å². The van der Waals surface area contributed by atoms with Crippen LogP contribution in [0.4, 0.5) is 0 Å². The first kappa shape index (κ1) is 24.4. The lowest BCUT2D eigenvalue weighted by atomic mass is 9.73. The van der Waals surface area contributed by atoms with Gasteiger partial charge < -0.3 is 9.83 Å². The predicted molar refractivity (Wildman–Crippen MR) is 134 cm³/mol. The van der Waals surface area contributed by atoms with Crippen LogP contribution in [0.3, 0.4) is 0 Å². The van der Waals surface area contributed by atoms with Gasteiger partial charge in [-0.05, 0) is 92.0 Å². The molecule has 0 amide bonds. The van der Waals surface area contributed by atoms with Crippen molar-refractivity contribution >= 4 is 40.4 Å². The summed E-state index contributed by atoms with van der Waals surface area (Å²) in [6.45, 7) is 3.68. The molecule has 1 N–H and O–H groups in total. The van der Waals surface area contributed by atoms with Gasteiger partial charge in [0.15, 0.2) is 0 Å². The summed E-state index contributed by atoms with van der Waals surface area (Å²) >= 11 is 6.39. The normalized spacial score (nSPS) is 19.4. The molecule has 6 nitrogen and oxygen atoms in total. The first-order chi connectivity index (χ1) is 15.7. The number of pyridine rings is 1. The number of aromatic nitrogens is 1. The number of halogens is 1. The SMILES string of the molecule is CB(O)N1CCC(C2c3ccc(Cl)cc3C=C(CCCOS(C)(=O)=O)c3cccnc32)CC1. The van der Waals surface area contributed by atoms with Gasteiger partial charge in [-0.2, -0.15) is 8.42 Å². The molecule has 2 aromatic rings. The third kappa shape index (κ3) is 5.87. The highest BCUT2D eigenvalue weighted by Gasteiger charge is 2.35. The molecule has 1 aliphatic heterocycles. The highest BCUT2D eigenvalue weighted by molar-refractivity contribution is 7.85. The van der Waals surface area contributed by atoms with Gasteiger partial charge in [-0.15, -0.1) is 0 Å². The van der Waals surface area contributed by atoms with Crippen LogP contribution >= 0.6 is 11.6 Å². The highest BCUT2D eigenvalue weighted by Crippen LogP contribution is 2.45. The number of fused-ring (bicyclic) bond motifs is 2. The maximum atomic E-state index is 11.3. The van der Waals surface area contributed by atoms with Gasteiger partial charge in [0.25, 0.3) is 10.1 Å². The van der Waals surface area contributed by atoms with Crippen LogP contribution in [-0.2, 0) is 14.3 Å². The zero-order chi connectivity index (χ0) is 23.6. The second-order valence-corrected chi connectivity index (χ2v) is 11.1. The molecule has 1 atom stereocenters. The van der Waals surface area contributed by atoms with Crippen LogP contribution in [-0.4, -0.2) is 56.2 Å². The average molecular weight is 489 g/mol. The quantitative estimate of drug-likeness (QED) is 0.356. The van der Waals surface area contributed by atoms with Crippen molar-refractivity contribution < 1.29 is 17.6 Å². The Kier molecular flexibility index (Phi) is 7.61. The minimum absolute atomic E-state index is 0.130. The number of piperidine rings is 1. The summed E-state index contributed by atoms with van der Waals surface area (Å²) in [6, 6.07) is 10.1. The first-order valence-electron chi connectivity index (χ1n) is 11.4. The Bertz CT molecular complexity index is 1130. The minimum Gasteiger partial charge on any atom is -0.437 e. The maximum Gasteiger partial charge on any atom is 0.376 e. The molecule has 1 aromatic heterocycles. The van der Waals surface area contributed by atoms with Gasteiger partial charge >= 0.3 is 7.05 Å². The molecule has 176 valence electrons. The van der Waals surface area contributed by atoms with Gasteiger partial charge in [0, 0.05) is 17.1 Å². The zero-order valence-corrected chi connectivity index (χ0v) is 20.6. The zero-order valence-electron chi connectivity index (χ0n) is 19.1. The van der Waals surface area contributed by atoms with Crippen molar-refractivity contribution in [2.24, 2.45) is 5.92 Å². The van der Waals surface area contributed by atoms with Crippen LogP contribution in [0.5, 0.6) is 0 Å². The molecule has 0 spiro atoms. The fourth-order valence-corrected chi connectivity index (χ4v) is 5.69. The molecule has 0 radical (unpaired) electrons.